The molecule has 0 amide bonds. The lowest BCUT2D eigenvalue weighted by Crippen LogP contribution is -2.22. The van der Waals surface area contributed by atoms with Crippen molar-refractivity contribution in [1.82, 2.24) is 24.8 Å². The summed E-state index contributed by atoms with van der Waals surface area (Å²) < 4.78 is 25.7. The molecular weight excluding hydrogens is 352 g/mol. The van der Waals surface area contributed by atoms with Crippen molar-refractivity contribution in [3.63, 3.8) is 0 Å². The molecule has 0 radical (unpaired) electrons. The van der Waals surface area contributed by atoms with Crippen molar-refractivity contribution in [2.24, 2.45) is 0 Å². The van der Waals surface area contributed by atoms with Gasteiger partial charge in [0.25, 0.3) is 12.0 Å². The number of alkyl halides is 2. The van der Waals surface area contributed by atoms with E-state index < -0.39 is 17.7 Å². The maximum Gasteiger partial charge on any atom is 0.280 e. The quantitative estimate of drug-likeness (QED) is 0.719. The molecule has 1 aromatic carbocycles. The fourth-order valence-corrected chi connectivity index (χ4v) is 2.69. The van der Waals surface area contributed by atoms with E-state index in [2.05, 4.69) is 31.8 Å². The van der Waals surface area contributed by atoms with Crippen LogP contribution in [0.25, 0.3) is 11.4 Å². The van der Waals surface area contributed by atoms with Gasteiger partial charge in [0.2, 0.25) is 0 Å². The van der Waals surface area contributed by atoms with Gasteiger partial charge < -0.3 is 4.98 Å². The Morgan fingerprint density at radius 2 is 1.89 bits per heavy atom. The molecule has 2 heterocycles. The predicted octanol–water partition coefficient (Wildman–Crippen LogP) is 3.36. The number of H-pyrrole nitrogens is 1. The molecule has 27 heavy (non-hydrogen) atoms. The van der Waals surface area contributed by atoms with Crippen LogP contribution in [0.1, 0.15) is 36.3 Å². The topological polar surface area (TPSA) is 74.8 Å². The van der Waals surface area contributed by atoms with Gasteiger partial charge in [0, 0.05) is 30.4 Å². The second kappa shape index (κ2) is 8.13. The summed E-state index contributed by atoms with van der Waals surface area (Å²) in [6, 6.07) is 10.1. The number of nitrogens with one attached hydrogen (secondary N) is 1. The van der Waals surface area contributed by atoms with Crippen LogP contribution >= 0.6 is 0 Å². The average molecular weight is 371 g/mol. The van der Waals surface area contributed by atoms with Gasteiger partial charge in [0.15, 0.2) is 0 Å². The van der Waals surface area contributed by atoms with Crippen molar-refractivity contribution in [3.05, 3.63) is 76.2 Å². The van der Waals surface area contributed by atoms with Crippen LogP contribution in [0.5, 0.6) is 0 Å². The summed E-state index contributed by atoms with van der Waals surface area (Å²) in [6.45, 7) is 2.73. The molecule has 1 atom stereocenters. The fourth-order valence-electron chi connectivity index (χ4n) is 2.69. The first-order valence-corrected chi connectivity index (χ1v) is 8.39. The molecule has 0 fully saturated rings. The molecule has 0 saturated carbocycles. The highest BCUT2D eigenvalue weighted by Crippen LogP contribution is 2.21. The Bertz CT molecular complexity index is 944. The van der Waals surface area contributed by atoms with E-state index in [-0.39, 0.29) is 11.9 Å². The first kappa shape index (κ1) is 18.8. The molecule has 0 aliphatic carbocycles. The third kappa shape index (κ3) is 4.59. The number of halogens is 2. The van der Waals surface area contributed by atoms with Crippen molar-refractivity contribution in [3.8, 4) is 11.4 Å². The lowest BCUT2D eigenvalue weighted by Gasteiger charge is -2.24. The minimum atomic E-state index is -2.79. The van der Waals surface area contributed by atoms with Gasteiger partial charge in [-0.25, -0.2) is 23.7 Å². The molecule has 8 heteroatoms. The van der Waals surface area contributed by atoms with E-state index in [1.165, 1.54) is 6.33 Å². The van der Waals surface area contributed by atoms with E-state index in [1.807, 2.05) is 25.2 Å². The molecule has 0 spiro atoms. The van der Waals surface area contributed by atoms with Gasteiger partial charge >= 0.3 is 0 Å². The summed E-state index contributed by atoms with van der Waals surface area (Å²) >= 11 is 0. The van der Waals surface area contributed by atoms with Gasteiger partial charge in [-0.3, -0.25) is 9.69 Å². The van der Waals surface area contributed by atoms with Crippen molar-refractivity contribution >= 4 is 0 Å². The van der Waals surface area contributed by atoms with Crippen LogP contribution in [0.2, 0.25) is 0 Å². The van der Waals surface area contributed by atoms with E-state index in [1.54, 1.807) is 18.3 Å². The molecule has 140 valence electrons. The third-order valence-electron chi connectivity index (χ3n) is 4.34. The zero-order chi connectivity index (χ0) is 19.4. The number of rotatable bonds is 6. The van der Waals surface area contributed by atoms with E-state index in [9.17, 15) is 13.6 Å². The first-order chi connectivity index (χ1) is 12.9. The van der Waals surface area contributed by atoms with Crippen molar-refractivity contribution in [2.75, 3.05) is 7.05 Å². The molecule has 0 bridgehead atoms. The van der Waals surface area contributed by atoms with Gasteiger partial charge in [0.05, 0.1) is 5.69 Å². The van der Waals surface area contributed by atoms with Crippen LogP contribution < -0.4 is 5.56 Å². The monoisotopic (exact) mass is 371 g/mol. The second-order valence-corrected chi connectivity index (χ2v) is 6.24. The lowest BCUT2D eigenvalue weighted by atomic mass is 10.1. The molecular formula is C19H19F2N5O. The smallest absolute Gasteiger partial charge is 0.280 e. The maximum absolute atomic E-state index is 12.8. The fraction of sp³-hybridized carbons (Fsp3) is 0.263. The van der Waals surface area contributed by atoms with Gasteiger partial charge in [-0.15, -0.1) is 0 Å². The standard InChI is InChI=1S/C19H19F2N5O/c1-12(15-7-8-22-11-23-15)26(2)10-13-3-5-14(6-4-13)19-24-16(18(20)21)9-17(27)25-19/h3-9,11-12,18H,10H2,1-2H3,(H,24,25,27). The lowest BCUT2D eigenvalue weighted by molar-refractivity contribution is 0.146. The number of benzene rings is 1. The Balaban J connectivity index is 1.75. The summed E-state index contributed by atoms with van der Waals surface area (Å²) in [6.07, 6.45) is 0.445. The van der Waals surface area contributed by atoms with E-state index >= 15 is 0 Å². The Labute approximate surface area is 155 Å². The largest absolute Gasteiger partial charge is 0.307 e. The zero-order valence-electron chi connectivity index (χ0n) is 14.9. The minimum Gasteiger partial charge on any atom is -0.307 e. The third-order valence-corrected chi connectivity index (χ3v) is 4.34. The summed E-state index contributed by atoms with van der Waals surface area (Å²) in [4.78, 5) is 28.2. The Hall–Kier alpha value is -3.00. The van der Waals surface area contributed by atoms with Crippen LogP contribution in [0.3, 0.4) is 0 Å². The molecule has 1 unspecified atom stereocenters. The highest BCUT2D eigenvalue weighted by molar-refractivity contribution is 5.55. The molecule has 1 N–H and O–H groups in total. The van der Waals surface area contributed by atoms with Crippen LogP contribution in [-0.2, 0) is 6.54 Å². The van der Waals surface area contributed by atoms with E-state index in [0.717, 1.165) is 17.3 Å². The number of hydrogen-bond acceptors (Lipinski definition) is 5. The normalized spacial score (nSPS) is 12.5. The Morgan fingerprint density at radius 1 is 1.15 bits per heavy atom. The summed E-state index contributed by atoms with van der Waals surface area (Å²) in [5, 5.41) is 0. The van der Waals surface area contributed by atoms with E-state index in [4.69, 9.17) is 0 Å². The molecule has 0 saturated heterocycles. The van der Waals surface area contributed by atoms with Crippen LogP contribution in [0, 0.1) is 0 Å². The Morgan fingerprint density at radius 3 is 2.52 bits per heavy atom. The molecule has 6 nitrogen and oxygen atoms in total. The van der Waals surface area contributed by atoms with Gasteiger partial charge in [-0.1, -0.05) is 24.3 Å². The van der Waals surface area contributed by atoms with Crippen molar-refractivity contribution in [1.29, 1.82) is 0 Å². The molecule has 0 aliphatic heterocycles. The Kier molecular flexibility index (Phi) is 5.66. The summed E-state index contributed by atoms with van der Waals surface area (Å²) in [5.74, 6) is 0.132. The van der Waals surface area contributed by atoms with Crippen LogP contribution in [-0.4, -0.2) is 31.9 Å². The van der Waals surface area contributed by atoms with Gasteiger partial charge in [-0.2, -0.15) is 0 Å². The van der Waals surface area contributed by atoms with Crippen molar-refractivity contribution in [2.45, 2.75) is 25.9 Å². The molecule has 3 rings (SSSR count). The molecule has 3 aromatic rings. The summed E-state index contributed by atoms with van der Waals surface area (Å²) in [5.41, 5.74) is 1.41. The van der Waals surface area contributed by atoms with E-state index in [0.29, 0.717) is 12.1 Å². The first-order valence-electron chi connectivity index (χ1n) is 8.39. The maximum atomic E-state index is 12.8. The highest BCUT2D eigenvalue weighted by Gasteiger charge is 2.14. The molecule has 2 aromatic heterocycles. The highest BCUT2D eigenvalue weighted by atomic mass is 19.3. The van der Waals surface area contributed by atoms with Crippen LogP contribution in [0.15, 0.2) is 53.7 Å². The van der Waals surface area contributed by atoms with Gasteiger partial charge in [0.1, 0.15) is 17.8 Å². The van der Waals surface area contributed by atoms with Crippen LogP contribution in [0.4, 0.5) is 8.78 Å². The second-order valence-electron chi connectivity index (χ2n) is 6.24. The number of aromatic amines is 1. The minimum absolute atomic E-state index is 0.105. The zero-order valence-corrected chi connectivity index (χ0v) is 14.9. The molecule has 0 aliphatic rings. The van der Waals surface area contributed by atoms with Crippen molar-refractivity contribution < 1.29 is 8.78 Å². The predicted molar refractivity (Wildman–Crippen MR) is 97.2 cm³/mol. The number of hydrogen-bond donors (Lipinski definition) is 1. The SMILES string of the molecule is CC(c1ccncn1)N(C)Cc1ccc(-c2nc(C(F)F)cc(=O)[nH]2)cc1. The number of aromatic nitrogens is 4. The average Bonchev–Trinajstić information content (AvgIpc) is 2.68. The van der Waals surface area contributed by atoms with Gasteiger partial charge in [-0.05, 0) is 25.6 Å². The number of nitrogens with zero attached hydrogens (tertiary/aromatic N) is 4. The summed E-state index contributed by atoms with van der Waals surface area (Å²) in [7, 11) is 1.99.